The topological polar surface area (TPSA) is 197 Å². The Kier molecular flexibility index (Phi) is 7.60. The molecule has 1 heterocycles. The average molecular weight is 360 g/mol. The first kappa shape index (κ1) is 20.7. The predicted octanol–water partition coefficient (Wildman–Crippen LogP) is -4.62. The van der Waals surface area contributed by atoms with Crippen molar-refractivity contribution in [1.82, 2.24) is 15.0 Å². The number of hydrogen-bond donors (Lipinski definition) is 7. The Morgan fingerprint density at radius 1 is 1.32 bits per heavy atom. The molecule has 25 heavy (non-hydrogen) atoms. The lowest BCUT2D eigenvalue weighted by Gasteiger charge is -2.23. The van der Waals surface area contributed by atoms with Crippen LogP contribution in [0.1, 0.15) is 5.56 Å². The summed E-state index contributed by atoms with van der Waals surface area (Å²) >= 11 is 0. The van der Waals surface area contributed by atoms with Crippen molar-refractivity contribution in [1.29, 1.82) is 0 Å². The largest absolute Gasteiger partial charge is 0.394 e. The first-order valence-electron chi connectivity index (χ1n) is 7.13. The summed E-state index contributed by atoms with van der Waals surface area (Å²) in [6.07, 6.45) is -5.21. The summed E-state index contributed by atoms with van der Waals surface area (Å²) < 4.78 is 0.939. The number of aliphatic hydroxyl groups excluding tert-OH is 5. The maximum Gasteiger partial charge on any atom is 0.328 e. The van der Waals surface area contributed by atoms with Crippen LogP contribution in [0.25, 0.3) is 0 Å². The molecule has 12 nitrogen and oxygen atoms in total. The third kappa shape index (κ3) is 5.88. The summed E-state index contributed by atoms with van der Waals surface area (Å²) in [7, 11) is 0. The number of hydrazone groups is 1. The molecule has 0 aliphatic carbocycles. The van der Waals surface area contributed by atoms with Gasteiger partial charge in [0.05, 0.1) is 12.8 Å². The summed E-state index contributed by atoms with van der Waals surface area (Å²) in [5.74, 6) is -0.762. The van der Waals surface area contributed by atoms with Crippen LogP contribution < -0.4 is 16.7 Å². The summed E-state index contributed by atoms with van der Waals surface area (Å²) in [6.45, 7) is 0.166. The summed E-state index contributed by atoms with van der Waals surface area (Å²) in [6, 6.07) is 0. The highest BCUT2D eigenvalue weighted by molar-refractivity contribution is 5.77. The van der Waals surface area contributed by atoms with Gasteiger partial charge in [0, 0.05) is 11.8 Å². The first-order valence-corrected chi connectivity index (χ1v) is 7.13. The second-order valence-corrected chi connectivity index (χ2v) is 5.23. The minimum absolute atomic E-state index is 0.228. The van der Waals surface area contributed by atoms with E-state index in [1.54, 1.807) is 0 Å². The second-order valence-electron chi connectivity index (χ2n) is 5.23. The first-order chi connectivity index (χ1) is 11.7. The summed E-state index contributed by atoms with van der Waals surface area (Å²) in [5.41, 5.74) is 0.847. The Morgan fingerprint density at radius 2 is 1.96 bits per heavy atom. The number of amides is 1. The molecule has 0 aliphatic rings. The van der Waals surface area contributed by atoms with Crippen molar-refractivity contribution in [2.45, 2.75) is 37.9 Å². The number of aryl methyl sites for hydroxylation is 1. The number of nitrogens with one attached hydrogen (secondary N) is 2. The van der Waals surface area contributed by atoms with Gasteiger partial charge >= 0.3 is 5.69 Å². The summed E-state index contributed by atoms with van der Waals surface area (Å²) in [5, 5.41) is 49.6. The Morgan fingerprint density at radius 3 is 2.56 bits per heavy atom. The SMILES string of the molecule is Cc1cn(CC(=O)N/N=C/[C@@H](O)[C@@H](O)[C@H](O)[C@H](O)CO)c(=O)[nH]c1=O. The molecule has 1 amide bonds. The highest BCUT2D eigenvalue weighted by Gasteiger charge is 2.29. The number of aromatic nitrogens is 2. The molecule has 0 saturated heterocycles. The van der Waals surface area contributed by atoms with Crippen LogP contribution in [0.15, 0.2) is 20.9 Å². The van der Waals surface area contributed by atoms with E-state index in [1.165, 1.54) is 13.1 Å². The van der Waals surface area contributed by atoms with E-state index in [0.717, 1.165) is 4.57 Å². The fraction of sp³-hybridized carbons (Fsp3) is 0.538. The molecule has 0 spiro atoms. The van der Waals surface area contributed by atoms with Crippen LogP contribution in [0, 0.1) is 6.92 Å². The third-order valence-corrected chi connectivity index (χ3v) is 3.20. The molecule has 7 N–H and O–H groups in total. The Hall–Kier alpha value is -2.38. The van der Waals surface area contributed by atoms with Gasteiger partial charge in [-0.25, -0.2) is 10.2 Å². The van der Waals surface area contributed by atoms with E-state index in [0.29, 0.717) is 6.21 Å². The molecule has 12 heteroatoms. The number of aromatic amines is 1. The number of hydrogen-bond acceptors (Lipinski definition) is 9. The molecule has 0 radical (unpaired) electrons. The molecule has 1 aromatic rings. The van der Waals surface area contributed by atoms with Gasteiger partial charge in [0.15, 0.2) is 0 Å². The van der Waals surface area contributed by atoms with Crippen molar-refractivity contribution in [3.63, 3.8) is 0 Å². The molecule has 0 fully saturated rings. The van der Waals surface area contributed by atoms with Crippen LogP contribution >= 0.6 is 0 Å². The zero-order valence-electron chi connectivity index (χ0n) is 13.2. The number of H-pyrrole nitrogens is 1. The number of rotatable bonds is 8. The van der Waals surface area contributed by atoms with Crippen molar-refractivity contribution in [2.75, 3.05) is 6.61 Å². The van der Waals surface area contributed by atoms with Crippen LogP contribution in [0.2, 0.25) is 0 Å². The van der Waals surface area contributed by atoms with Crippen LogP contribution in [0.3, 0.4) is 0 Å². The van der Waals surface area contributed by atoms with Crippen LogP contribution in [0.5, 0.6) is 0 Å². The number of carbonyl (C=O) groups excluding carboxylic acids is 1. The predicted molar refractivity (Wildman–Crippen MR) is 83.8 cm³/mol. The van der Waals surface area contributed by atoms with Gasteiger partial charge in [-0.05, 0) is 6.92 Å². The average Bonchev–Trinajstić information content (AvgIpc) is 2.57. The fourth-order valence-corrected chi connectivity index (χ4v) is 1.74. The zero-order valence-corrected chi connectivity index (χ0v) is 13.2. The fourth-order valence-electron chi connectivity index (χ4n) is 1.74. The molecular formula is C13H20N4O8. The van der Waals surface area contributed by atoms with Crippen LogP contribution in [-0.2, 0) is 11.3 Å². The number of carbonyl (C=O) groups is 1. The van der Waals surface area contributed by atoms with Gasteiger partial charge in [-0.2, -0.15) is 5.10 Å². The third-order valence-electron chi connectivity index (χ3n) is 3.20. The lowest BCUT2D eigenvalue weighted by molar-refractivity contribution is -0.121. The minimum atomic E-state index is -1.85. The van der Waals surface area contributed by atoms with E-state index in [4.69, 9.17) is 10.2 Å². The maximum absolute atomic E-state index is 11.7. The molecule has 0 aliphatic heterocycles. The lowest BCUT2D eigenvalue weighted by Crippen LogP contribution is -2.46. The van der Waals surface area contributed by atoms with E-state index in [9.17, 15) is 29.7 Å². The zero-order chi connectivity index (χ0) is 19.1. The standard InChI is InChI=1S/C13H20N4O8/c1-6-3-17(13(25)15-12(6)24)4-9(21)16-14-2-7(19)10(22)11(23)8(20)5-18/h2-3,7-8,10-11,18-20,22-23H,4-5H2,1H3,(H,16,21)(H,15,24,25)/b14-2+/t7-,8-,10-,11-/m1/s1. The number of aliphatic hydroxyl groups is 5. The second kappa shape index (κ2) is 9.19. The molecule has 0 saturated carbocycles. The number of nitrogens with zero attached hydrogens (tertiary/aromatic N) is 2. The van der Waals surface area contributed by atoms with Gasteiger partial charge in [0.2, 0.25) is 0 Å². The Bertz CT molecular complexity index is 727. The van der Waals surface area contributed by atoms with Gasteiger partial charge < -0.3 is 25.5 Å². The molecule has 0 bridgehead atoms. The van der Waals surface area contributed by atoms with Crippen molar-refractivity contribution >= 4 is 12.1 Å². The van der Waals surface area contributed by atoms with E-state index in [2.05, 4.69) is 5.10 Å². The minimum Gasteiger partial charge on any atom is -0.394 e. The van der Waals surface area contributed by atoms with Gasteiger partial charge in [-0.1, -0.05) is 0 Å². The Balaban J connectivity index is 2.61. The highest BCUT2D eigenvalue weighted by atomic mass is 16.4. The van der Waals surface area contributed by atoms with E-state index < -0.39 is 54.7 Å². The lowest BCUT2D eigenvalue weighted by atomic mass is 10.0. The van der Waals surface area contributed by atoms with Gasteiger partial charge in [-0.15, -0.1) is 0 Å². The molecule has 1 rings (SSSR count). The molecular weight excluding hydrogens is 340 g/mol. The van der Waals surface area contributed by atoms with E-state index in [1.807, 2.05) is 10.4 Å². The quantitative estimate of drug-likeness (QED) is 0.177. The summed E-state index contributed by atoms with van der Waals surface area (Å²) in [4.78, 5) is 36.4. The van der Waals surface area contributed by atoms with Crippen molar-refractivity contribution < 1.29 is 30.3 Å². The molecule has 4 atom stereocenters. The van der Waals surface area contributed by atoms with Crippen molar-refractivity contribution in [2.24, 2.45) is 5.10 Å². The molecule has 140 valence electrons. The highest BCUT2D eigenvalue weighted by Crippen LogP contribution is 2.03. The molecule has 0 aromatic carbocycles. The van der Waals surface area contributed by atoms with Gasteiger partial charge in [0.25, 0.3) is 11.5 Å². The normalized spacial score (nSPS) is 16.4. The van der Waals surface area contributed by atoms with E-state index >= 15 is 0 Å². The molecule has 1 aromatic heterocycles. The maximum atomic E-state index is 11.7. The van der Waals surface area contributed by atoms with Gasteiger partial charge in [0.1, 0.15) is 31.0 Å². The monoisotopic (exact) mass is 360 g/mol. The van der Waals surface area contributed by atoms with Crippen molar-refractivity contribution in [3.05, 3.63) is 32.6 Å². The van der Waals surface area contributed by atoms with Gasteiger partial charge in [-0.3, -0.25) is 19.1 Å². The smallest absolute Gasteiger partial charge is 0.328 e. The van der Waals surface area contributed by atoms with Crippen LogP contribution in [-0.4, -0.2) is 78.2 Å². The molecule has 0 unspecified atom stereocenters. The Labute approximate surface area is 140 Å². The van der Waals surface area contributed by atoms with E-state index in [-0.39, 0.29) is 5.56 Å². The van der Waals surface area contributed by atoms with Crippen molar-refractivity contribution in [3.8, 4) is 0 Å². The van der Waals surface area contributed by atoms with Crippen LogP contribution in [0.4, 0.5) is 0 Å².